The van der Waals surface area contributed by atoms with Crippen molar-refractivity contribution in [1.82, 2.24) is 10.6 Å². The molecule has 9 nitrogen and oxygen atoms in total. The van der Waals surface area contributed by atoms with E-state index in [0.29, 0.717) is 12.8 Å². The van der Waals surface area contributed by atoms with E-state index in [1.165, 1.54) is 40.3 Å². The third kappa shape index (κ3) is 5.50. The molecule has 2 aromatic rings. The van der Waals surface area contributed by atoms with Gasteiger partial charge in [-0.15, -0.1) is 0 Å². The second-order valence-electron chi connectivity index (χ2n) is 13.2. The van der Waals surface area contributed by atoms with Crippen molar-refractivity contribution in [3.8, 4) is 23.0 Å². The zero-order chi connectivity index (χ0) is 31.5. The zero-order valence-corrected chi connectivity index (χ0v) is 26.8. The standard InChI is InChI=1S/C19H23NO4.C17H21NO3.2CH4/c1-11-8-15(22-3)18-17-14(11)10-20-7-6-19(17)5-4-13(23-12(2)21)9-16(19)24-18;1-10-7-13(20-2)16-15-12(10)9-18-6-5-17(15)4-3-11(19)8-14(17)21-16;;/h4-5,8,13,16,20H,6-7,9-10H2,1-3H3;3-4,7,11,14,18-19H,5-6,8-9H2,1-2H3;2*1H4/t13-,16?,19?;11-,14?,17?;;/m11../s1. The molecule has 4 unspecified atom stereocenters. The van der Waals surface area contributed by atoms with Gasteiger partial charge < -0.3 is 39.4 Å². The first-order valence-electron chi connectivity index (χ1n) is 16.1. The number of benzene rings is 2. The highest BCUT2D eigenvalue weighted by atomic mass is 16.6. The normalized spacial score (nSPS) is 30.0. The van der Waals surface area contributed by atoms with Crippen molar-refractivity contribution in [3.05, 3.63) is 69.8 Å². The number of aryl methyl sites for hydroxylation is 2. The van der Waals surface area contributed by atoms with E-state index in [2.05, 4.69) is 48.8 Å². The number of carbonyl (C=O) groups is 1. The molecule has 9 heteroatoms. The van der Waals surface area contributed by atoms with E-state index in [-0.39, 0.29) is 50.0 Å². The summed E-state index contributed by atoms with van der Waals surface area (Å²) in [4.78, 5) is 11.3. The summed E-state index contributed by atoms with van der Waals surface area (Å²) in [6, 6.07) is 4.12. The lowest BCUT2D eigenvalue weighted by Gasteiger charge is -2.36. The van der Waals surface area contributed by atoms with E-state index >= 15 is 0 Å². The largest absolute Gasteiger partial charge is 0.493 e. The quantitative estimate of drug-likeness (QED) is 0.295. The number of hydrogen-bond acceptors (Lipinski definition) is 9. The molecule has 0 saturated heterocycles. The van der Waals surface area contributed by atoms with Crippen molar-refractivity contribution < 1.29 is 33.6 Å². The molecule has 2 aromatic carbocycles. The second-order valence-corrected chi connectivity index (χ2v) is 13.2. The average molecular weight is 649 g/mol. The van der Waals surface area contributed by atoms with E-state index in [9.17, 15) is 9.90 Å². The summed E-state index contributed by atoms with van der Waals surface area (Å²) < 4.78 is 29.2. The second kappa shape index (κ2) is 13.2. The molecule has 4 aliphatic heterocycles. The zero-order valence-electron chi connectivity index (χ0n) is 26.8. The highest BCUT2D eigenvalue weighted by Gasteiger charge is 2.54. The number of rotatable bonds is 3. The van der Waals surface area contributed by atoms with Crippen LogP contribution in [0.5, 0.6) is 23.0 Å². The topological polar surface area (TPSA) is 108 Å². The first kappa shape index (κ1) is 34.8. The van der Waals surface area contributed by atoms with Crippen molar-refractivity contribution >= 4 is 5.97 Å². The molecule has 8 rings (SSSR count). The number of methoxy groups -OCH3 is 2. The fourth-order valence-corrected chi connectivity index (χ4v) is 8.51. The predicted octanol–water partition coefficient (Wildman–Crippen LogP) is 5.48. The van der Waals surface area contributed by atoms with Crippen molar-refractivity contribution in [2.24, 2.45) is 0 Å². The van der Waals surface area contributed by atoms with Crippen LogP contribution in [-0.2, 0) is 33.5 Å². The summed E-state index contributed by atoms with van der Waals surface area (Å²) >= 11 is 0. The molecule has 6 aliphatic rings. The highest BCUT2D eigenvalue weighted by molar-refractivity contribution is 5.67. The summed E-state index contributed by atoms with van der Waals surface area (Å²) in [5, 5.41) is 17.0. The molecule has 0 aromatic heterocycles. The van der Waals surface area contributed by atoms with Crippen LogP contribution in [0.3, 0.4) is 0 Å². The van der Waals surface area contributed by atoms with Gasteiger partial charge in [-0.3, -0.25) is 4.79 Å². The molecule has 0 saturated carbocycles. The van der Waals surface area contributed by atoms with Crippen molar-refractivity contribution in [3.63, 3.8) is 0 Å². The van der Waals surface area contributed by atoms with E-state index in [4.69, 9.17) is 23.7 Å². The summed E-state index contributed by atoms with van der Waals surface area (Å²) in [6.07, 6.45) is 10.9. The van der Waals surface area contributed by atoms with Crippen molar-refractivity contribution in [1.29, 1.82) is 0 Å². The summed E-state index contributed by atoms with van der Waals surface area (Å²) in [5.74, 6) is 3.09. The van der Waals surface area contributed by atoms with Crippen LogP contribution in [0.15, 0.2) is 36.4 Å². The molecule has 6 atom stereocenters. The van der Waals surface area contributed by atoms with Crippen molar-refractivity contribution in [2.75, 3.05) is 27.3 Å². The number of carbonyl (C=O) groups excluding carboxylic acids is 1. The SMILES string of the molecule is C.C.COc1cc(C)c2c3c1OC1C[C@H](O)C=CC31CCNC2.COc1cc(C)c2c3c1OC1C[C@H](OC(C)=O)C=CC31CCNC2. The number of hydrogen-bond donors (Lipinski definition) is 3. The summed E-state index contributed by atoms with van der Waals surface area (Å²) in [6.45, 7) is 9.30. The third-order valence-electron chi connectivity index (χ3n) is 10.7. The van der Waals surface area contributed by atoms with Gasteiger partial charge >= 0.3 is 5.97 Å². The van der Waals surface area contributed by atoms with Crippen molar-refractivity contribution in [2.45, 2.75) is 110 Å². The molecular formula is C38H52N2O7. The lowest BCUT2D eigenvalue weighted by atomic mass is 9.68. The maximum absolute atomic E-state index is 11.3. The molecule has 2 spiro atoms. The average Bonchev–Trinajstić information content (AvgIpc) is 3.33. The van der Waals surface area contributed by atoms with Gasteiger partial charge in [0.05, 0.1) is 31.2 Å². The van der Waals surface area contributed by atoms with Crippen LogP contribution in [-0.4, -0.2) is 62.8 Å². The first-order chi connectivity index (χ1) is 21.7. The molecule has 0 amide bonds. The Morgan fingerprint density at radius 2 is 1.32 bits per heavy atom. The molecule has 4 heterocycles. The fourth-order valence-electron chi connectivity index (χ4n) is 8.51. The van der Waals surface area contributed by atoms with Crippen LogP contribution >= 0.6 is 0 Å². The van der Waals surface area contributed by atoms with Crippen LogP contribution in [0.2, 0.25) is 0 Å². The Labute approximate surface area is 279 Å². The van der Waals surface area contributed by atoms with E-state index in [0.717, 1.165) is 62.0 Å². The Morgan fingerprint density at radius 1 is 0.830 bits per heavy atom. The molecule has 256 valence electrons. The Balaban J connectivity index is 0.000000178. The molecular weight excluding hydrogens is 596 g/mol. The number of aliphatic hydroxyl groups excluding tert-OH is 1. The Kier molecular flexibility index (Phi) is 9.75. The molecule has 2 aliphatic carbocycles. The minimum absolute atomic E-state index is 0. The van der Waals surface area contributed by atoms with Crippen LogP contribution in [0.1, 0.15) is 80.8 Å². The number of aliphatic hydroxyl groups is 1. The van der Waals surface area contributed by atoms with Crippen LogP contribution in [0.25, 0.3) is 0 Å². The van der Waals surface area contributed by atoms with E-state index in [1.807, 2.05) is 12.2 Å². The lowest BCUT2D eigenvalue weighted by molar-refractivity contribution is -0.145. The third-order valence-corrected chi connectivity index (χ3v) is 10.7. The van der Waals surface area contributed by atoms with Gasteiger partial charge in [0.25, 0.3) is 0 Å². The van der Waals surface area contributed by atoms with Gasteiger partial charge in [-0.25, -0.2) is 0 Å². The van der Waals surface area contributed by atoms with E-state index in [1.54, 1.807) is 14.2 Å². The van der Waals surface area contributed by atoms with Crippen LogP contribution < -0.4 is 29.6 Å². The Bertz CT molecular complexity index is 1580. The van der Waals surface area contributed by atoms with Crippen LogP contribution in [0.4, 0.5) is 0 Å². The van der Waals surface area contributed by atoms with Gasteiger partial charge in [-0.1, -0.05) is 33.1 Å². The van der Waals surface area contributed by atoms with Gasteiger partial charge in [0.15, 0.2) is 23.0 Å². The van der Waals surface area contributed by atoms with Gasteiger partial charge in [0.2, 0.25) is 0 Å². The maximum Gasteiger partial charge on any atom is 0.303 e. The molecule has 0 fully saturated rings. The summed E-state index contributed by atoms with van der Waals surface area (Å²) in [5.41, 5.74) is 7.34. The summed E-state index contributed by atoms with van der Waals surface area (Å²) in [7, 11) is 3.37. The van der Waals surface area contributed by atoms with Gasteiger partial charge in [-0.05, 0) is 80.2 Å². The number of esters is 1. The monoisotopic (exact) mass is 648 g/mol. The molecule has 3 N–H and O–H groups in total. The number of ether oxygens (including phenoxy) is 5. The highest BCUT2D eigenvalue weighted by Crippen LogP contribution is 2.57. The lowest BCUT2D eigenvalue weighted by Crippen LogP contribution is -2.43. The number of nitrogens with one attached hydrogen (secondary N) is 2. The van der Waals surface area contributed by atoms with Crippen LogP contribution in [0, 0.1) is 13.8 Å². The predicted molar refractivity (Wildman–Crippen MR) is 183 cm³/mol. The van der Waals surface area contributed by atoms with Gasteiger partial charge in [0.1, 0.15) is 18.3 Å². The van der Waals surface area contributed by atoms with E-state index < -0.39 is 6.10 Å². The smallest absolute Gasteiger partial charge is 0.303 e. The maximum atomic E-state index is 11.3. The minimum atomic E-state index is -0.415. The fraction of sp³-hybridized carbons (Fsp3) is 0.553. The molecule has 0 radical (unpaired) electrons. The van der Waals surface area contributed by atoms with Gasteiger partial charge in [0, 0.05) is 44.0 Å². The van der Waals surface area contributed by atoms with Gasteiger partial charge in [-0.2, -0.15) is 0 Å². The molecule has 47 heavy (non-hydrogen) atoms. The molecule has 0 bridgehead atoms. The first-order valence-corrected chi connectivity index (χ1v) is 16.1. The Hall–Kier alpha value is -3.53. The Morgan fingerprint density at radius 3 is 1.81 bits per heavy atom. The minimum Gasteiger partial charge on any atom is -0.493 e.